The first kappa shape index (κ1) is 21.4. The van der Waals surface area contributed by atoms with Crippen LogP contribution in [0.1, 0.15) is 19.9 Å². The Morgan fingerprint density at radius 2 is 1.88 bits per heavy atom. The molecule has 0 aliphatic rings. The fraction of sp³-hybridized carbons (Fsp3) is 0.261. The minimum atomic E-state index is -0.941. The predicted molar refractivity (Wildman–Crippen MR) is 118 cm³/mol. The van der Waals surface area contributed by atoms with Gasteiger partial charge in [-0.1, -0.05) is 37.3 Å². The third kappa shape index (κ3) is 4.28. The van der Waals surface area contributed by atoms with E-state index in [2.05, 4.69) is 20.5 Å². The number of aromatic nitrogens is 5. The van der Waals surface area contributed by atoms with E-state index in [1.54, 1.807) is 13.3 Å². The topological polar surface area (TPSA) is 112 Å². The molecule has 2 heterocycles. The molecule has 0 aliphatic carbocycles. The van der Waals surface area contributed by atoms with Crippen LogP contribution >= 0.6 is 0 Å². The normalized spacial score (nSPS) is 12.2. The summed E-state index contributed by atoms with van der Waals surface area (Å²) < 4.78 is 12.1. The van der Waals surface area contributed by atoms with E-state index in [1.807, 2.05) is 62.4 Å². The average molecular weight is 433 g/mol. The first-order valence-corrected chi connectivity index (χ1v) is 10.1. The molecule has 4 aromatic rings. The Balaban J connectivity index is 1.71. The molecule has 0 spiro atoms. The van der Waals surface area contributed by atoms with Crippen molar-refractivity contribution in [3.8, 4) is 28.3 Å². The summed E-state index contributed by atoms with van der Waals surface area (Å²) in [6.45, 7) is 3.81. The van der Waals surface area contributed by atoms with Crippen molar-refractivity contribution in [1.29, 1.82) is 0 Å². The van der Waals surface area contributed by atoms with Gasteiger partial charge in [0.15, 0.2) is 12.8 Å². The van der Waals surface area contributed by atoms with Gasteiger partial charge in [-0.2, -0.15) is 0 Å². The third-order valence-electron chi connectivity index (χ3n) is 5.06. The second kappa shape index (κ2) is 9.11. The Labute approximate surface area is 184 Å². The van der Waals surface area contributed by atoms with Crippen LogP contribution in [0.5, 0.6) is 5.75 Å². The van der Waals surface area contributed by atoms with Gasteiger partial charge in [-0.15, -0.1) is 15.3 Å². The summed E-state index contributed by atoms with van der Waals surface area (Å²) in [6.07, 6.45) is 1.66. The van der Waals surface area contributed by atoms with Gasteiger partial charge < -0.3 is 14.6 Å². The van der Waals surface area contributed by atoms with E-state index in [9.17, 15) is 9.90 Å². The van der Waals surface area contributed by atoms with E-state index >= 15 is 0 Å². The van der Waals surface area contributed by atoms with Crippen LogP contribution in [0.3, 0.4) is 0 Å². The molecule has 0 radical (unpaired) electrons. The number of carboxylic acid groups (broad SMARTS) is 1. The molecule has 4 rings (SSSR count). The van der Waals surface area contributed by atoms with E-state index in [0.717, 1.165) is 22.0 Å². The van der Waals surface area contributed by atoms with E-state index in [-0.39, 0.29) is 12.7 Å². The van der Waals surface area contributed by atoms with Crippen molar-refractivity contribution in [3.63, 3.8) is 0 Å². The first-order chi connectivity index (χ1) is 15.5. The summed E-state index contributed by atoms with van der Waals surface area (Å²) in [5.74, 6) is -0.420. The fourth-order valence-electron chi connectivity index (χ4n) is 3.51. The van der Waals surface area contributed by atoms with Crippen molar-refractivity contribution in [2.45, 2.75) is 19.9 Å². The zero-order chi connectivity index (χ0) is 22.7. The van der Waals surface area contributed by atoms with Gasteiger partial charge in [0, 0.05) is 23.6 Å². The molecule has 1 atom stereocenters. The highest BCUT2D eigenvalue weighted by molar-refractivity contribution is 5.86. The minimum Gasteiger partial charge on any atom is -0.480 e. The minimum absolute atomic E-state index is 0.128. The molecule has 2 aromatic heterocycles. The number of ether oxygens (including phenoxy) is 2. The van der Waals surface area contributed by atoms with Crippen molar-refractivity contribution < 1.29 is 19.4 Å². The first-order valence-electron chi connectivity index (χ1n) is 10.1. The Kier molecular flexibility index (Phi) is 6.09. The highest BCUT2D eigenvalue weighted by Gasteiger charge is 2.25. The van der Waals surface area contributed by atoms with Gasteiger partial charge in [0.25, 0.3) is 0 Å². The number of nitrogens with zero attached hydrogens (tertiary/aromatic N) is 5. The lowest BCUT2D eigenvalue weighted by molar-refractivity contribution is -0.142. The molecule has 1 N–H and O–H groups in total. The van der Waals surface area contributed by atoms with Crippen LogP contribution in [-0.4, -0.2) is 50.2 Å². The molecular weight excluding hydrogens is 410 g/mol. The number of fused-ring (bicyclic) bond motifs is 1. The zero-order valence-electron chi connectivity index (χ0n) is 18.0. The van der Waals surface area contributed by atoms with Crippen LogP contribution in [0, 0.1) is 5.92 Å². The standard InChI is InChI=1S/C23H23N5O4/c1-14(2)22(23(29)30)28-12-20(26-27-28)15-8-9-18-16(10-15)11-19(25-24-18)17-6-4-5-7-21(17)32-13-31-3/h4-12,14,22H,13H2,1-3H3,(H,29,30). The van der Waals surface area contributed by atoms with Crippen LogP contribution in [0.25, 0.3) is 33.4 Å². The number of carbonyl (C=O) groups is 1. The summed E-state index contributed by atoms with van der Waals surface area (Å²) in [6, 6.07) is 14.4. The largest absolute Gasteiger partial charge is 0.480 e. The molecule has 32 heavy (non-hydrogen) atoms. The maximum absolute atomic E-state index is 11.6. The number of hydrogen-bond acceptors (Lipinski definition) is 7. The SMILES string of the molecule is COCOc1ccccc1-c1cc2cc(-c3cn(C(C(=O)O)C(C)C)nn3)ccc2nn1. The predicted octanol–water partition coefficient (Wildman–Crippen LogP) is 3.82. The van der Waals surface area contributed by atoms with E-state index < -0.39 is 12.0 Å². The Bertz CT molecular complexity index is 1250. The number of benzene rings is 2. The van der Waals surface area contributed by atoms with E-state index in [1.165, 1.54) is 4.68 Å². The van der Waals surface area contributed by atoms with Crippen LogP contribution in [0.2, 0.25) is 0 Å². The van der Waals surface area contributed by atoms with Gasteiger partial charge in [-0.3, -0.25) is 0 Å². The lowest BCUT2D eigenvalue weighted by atomic mass is 10.0. The van der Waals surface area contributed by atoms with Crippen molar-refractivity contribution in [3.05, 3.63) is 54.7 Å². The van der Waals surface area contributed by atoms with Gasteiger partial charge >= 0.3 is 5.97 Å². The van der Waals surface area contributed by atoms with Gasteiger partial charge in [0.2, 0.25) is 0 Å². The monoisotopic (exact) mass is 433 g/mol. The average Bonchev–Trinajstić information content (AvgIpc) is 3.26. The van der Waals surface area contributed by atoms with Crippen LogP contribution in [0.4, 0.5) is 0 Å². The molecule has 0 fully saturated rings. The third-order valence-corrected chi connectivity index (χ3v) is 5.06. The molecule has 1 unspecified atom stereocenters. The van der Waals surface area contributed by atoms with Crippen molar-refractivity contribution in [1.82, 2.24) is 25.2 Å². The Morgan fingerprint density at radius 1 is 1.06 bits per heavy atom. The molecule has 0 saturated heterocycles. The second-order valence-electron chi connectivity index (χ2n) is 7.66. The molecular formula is C23H23N5O4. The highest BCUT2D eigenvalue weighted by atomic mass is 16.7. The maximum Gasteiger partial charge on any atom is 0.328 e. The Morgan fingerprint density at radius 3 is 2.62 bits per heavy atom. The summed E-state index contributed by atoms with van der Waals surface area (Å²) in [5, 5.41) is 27.3. The van der Waals surface area contributed by atoms with Crippen LogP contribution < -0.4 is 4.74 Å². The smallest absolute Gasteiger partial charge is 0.328 e. The number of hydrogen-bond donors (Lipinski definition) is 1. The molecule has 0 aliphatic heterocycles. The van der Waals surface area contributed by atoms with E-state index in [4.69, 9.17) is 9.47 Å². The van der Waals surface area contributed by atoms with Gasteiger partial charge in [0.1, 0.15) is 11.4 Å². The van der Waals surface area contributed by atoms with Crippen molar-refractivity contribution >= 4 is 16.9 Å². The molecule has 0 saturated carbocycles. The molecule has 0 amide bonds. The van der Waals surface area contributed by atoms with Gasteiger partial charge in [-0.05, 0) is 36.2 Å². The molecule has 2 aromatic carbocycles. The summed E-state index contributed by atoms with van der Waals surface area (Å²) in [4.78, 5) is 11.6. The summed E-state index contributed by atoms with van der Waals surface area (Å²) >= 11 is 0. The van der Waals surface area contributed by atoms with Crippen molar-refractivity contribution in [2.75, 3.05) is 13.9 Å². The number of rotatable bonds is 8. The number of aliphatic carboxylic acids is 1. The molecule has 9 heteroatoms. The zero-order valence-corrected chi connectivity index (χ0v) is 18.0. The van der Waals surface area contributed by atoms with Crippen molar-refractivity contribution in [2.24, 2.45) is 5.92 Å². The summed E-state index contributed by atoms with van der Waals surface area (Å²) in [5.41, 5.74) is 3.58. The van der Waals surface area contributed by atoms with Crippen LogP contribution in [-0.2, 0) is 9.53 Å². The van der Waals surface area contributed by atoms with Gasteiger partial charge in [-0.25, -0.2) is 9.48 Å². The highest BCUT2D eigenvalue weighted by Crippen LogP contribution is 2.31. The maximum atomic E-state index is 11.6. The number of para-hydroxylation sites is 1. The second-order valence-corrected chi connectivity index (χ2v) is 7.66. The van der Waals surface area contributed by atoms with Crippen LogP contribution in [0.15, 0.2) is 54.7 Å². The summed E-state index contributed by atoms with van der Waals surface area (Å²) in [7, 11) is 1.57. The van der Waals surface area contributed by atoms with E-state index in [0.29, 0.717) is 17.1 Å². The molecule has 9 nitrogen and oxygen atoms in total. The Hall–Kier alpha value is -3.85. The molecule has 164 valence electrons. The number of carboxylic acids is 1. The number of methoxy groups -OCH3 is 1. The lowest BCUT2D eigenvalue weighted by Crippen LogP contribution is -2.24. The fourth-order valence-corrected chi connectivity index (χ4v) is 3.51. The molecule has 0 bridgehead atoms. The quantitative estimate of drug-likeness (QED) is 0.417. The van der Waals surface area contributed by atoms with Gasteiger partial charge in [0.05, 0.1) is 17.4 Å². The lowest BCUT2D eigenvalue weighted by Gasteiger charge is -2.15.